The fourth-order valence-corrected chi connectivity index (χ4v) is 2.37. The molecule has 0 saturated carbocycles. The van der Waals surface area contributed by atoms with E-state index >= 15 is 0 Å². The predicted molar refractivity (Wildman–Crippen MR) is 107 cm³/mol. The van der Waals surface area contributed by atoms with Gasteiger partial charge in [0.25, 0.3) is 0 Å². The standard InChI is InChI=1S/C24H19N/c1-3-7-19(8-4-1)21-11-15-23(16-12-21)25-24-17-13-22(14-18-24)20-9-5-2-6-10-20/h1-18,25H/i11D,12D,13D,14D,15D,16D,17D,18D. The van der Waals surface area contributed by atoms with Crippen LogP contribution in [0.5, 0.6) is 0 Å². The maximum absolute atomic E-state index is 8.43. The van der Waals surface area contributed by atoms with E-state index < -0.39 is 0 Å². The first-order valence-electron chi connectivity index (χ1n) is 11.8. The largest absolute Gasteiger partial charge is 0.356 e. The first-order valence-corrected chi connectivity index (χ1v) is 7.82. The molecule has 0 bridgehead atoms. The number of rotatable bonds is 4. The molecule has 4 aromatic rings. The summed E-state index contributed by atoms with van der Waals surface area (Å²) in [5, 5.41) is 2.67. The Morgan fingerprint density at radius 3 is 1.16 bits per heavy atom. The van der Waals surface area contributed by atoms with Crippen molar-refractivity contribution in [2.24, 2.45) is 0 Å². The number of anilines is 2. The number of nitrogens with one attached hydrogen (secondary N) is 1. The third-order valence-corrected chi connectivity index (χ3v) is 3.62. The van der Waals surface area contributed by atoms with Crippen molar-refractivity contribution in [3.05, 3.63) is 109 Å². The minimum Gasteiger partial charge on any atom is -0.356 e. The predicted octanol–water partition coefficient (Wildman–Crippen LogP) is 6.76. The second kappa shape index (κ2) is 7.06. The van der Waals surface area contributed by atoms with Crippen LogP contribution in [0.15, 0.2) is 109 Å². The average molecular weight is 329 g/mol. The quantitative estimate of drug-likeness (QED) is 0.436. The fraction of sp³-hybridized carbons (Fsp3) is 0. The number of benzene rings is 4. The van der Waals surface area contributed by atoms with Crippen molar-refractivity contribution in [3.8, 4) is 22.3 Å². The van der Waals surface area contributed by atoms with Crippen LogP contribution in [0.25, 0.3) is 22.3 Å². The highest BCUT2D eigenvalue weighted by Crippen LogP contribution is 2.25. The molecular weight excluding hydrogens is 302 g/mol. The van der Waals surface area contributed by atoms with E-state index in [2.05, 4.69) is 5.32 Å². The van der Waals surface area contributed by atoms with Crippen LogP contribution in [0, 0.1) is 0 Å². The molecule has 0 aromatic heterocycles. The summed E-state index contributed by atoms with van der Waals surface area (Å²) in [4.78, 5) is 0. The van der Waals surface area contributed by atoms with E-state index in [0.29, 0.717) is 11.1 Å². The summed E-state index contributed by atoms with van der Waals surface area (Å²) in [6.07, 6.45) is 0. The van der Waals surface area contributed by atoms with Gasteiger partial charge in [-0.2, -0.15) is 0 Å². The molecule has 4 rings (SSSR count). The van der Waals surface area contributed by atoms with Gasteiger partial charge in [0.05, 0.1) is 11.0 Å². The lowest BCUT2D eigenvalue weighted by molar-refractivity contribution is 1.53. The minimum atomic E-state index is -0.362. The van der Waals surface area contributed by atoms with E-state index in [-0.39, 0.29) is 70.8 Å². The molecule has 120 valence electrons. The van der Waals surface area contributed by atoms with Crippen LogP contribution in [0.4, 0.5) is 11.4 Å². The van der Waals surface area contributed by atoms with Crippen LogP contribution in [0.1, 0.15) is 11.0 Å². The van der Waals surface area contributed by atoms with Crippen molar-refractivity contribution >= 4 is 11.4 Å². The van der Waals surface area contributed by atoms with Crippen molar-refractivity contribution in [1.82, 2.24) is 0 Å². The number of hydrogen-bond donors (Lipinski definition) is 1. The summed E-state index contributed by atoms with van der Waals surface area (Å²) < 4.78 is 67.4. The Labute approximate surface area is 159 Å². The van der Waals surface area contributed by atoms with E-state index in [1.807, 2.05) is 0 Å². The van der Waals surface area contributed by atoms with Crippen LogP contribution < -0.4 is 5.32 Å². The Morgan fingerprint density at radius 2 is 0.800 bits per heavy atom. The Balaban J connectivity index is 1.87. The highest BCUT2D eigenvalue weighted by atomic mass is 14.9. The monoisotopic (exact) mass is 329 g/mol. The molecule has 1 heteroatoms. The maximum Gasteiger partial charge on any atom is 0.0645 e. The van der Waals surface area contributed by atoms with Gasteiger partial charge in [-0.15, -0.1) is 0 Å². The van der Waals surface area contributed by atoms with Gasteiger partial charge < -0.3 is 5.32 Å². The first kappa shape index (κ1) is 8.68. The van der Waals surface area contributed by atoms with E-state index in [0.717, 1.165) is 0 Å². The molecule has 0 aliphatic carbocycles. The minimum absolute atomic E-state index is 0.148. The molecule has 0 saturated heterocycles. The Morgan fingerprint density at radius 1 is 0.440 bits per heavy atom. The topological polar surface area (TPSA) is 12.0 Å². The molecule has 25 heavy (non-hydrogen) atoms. The lowest BCUT2D eigenvalue weighted by atomic mass is 10.0. The normalized spacial score (nSPS) is 14.9. The molecule has 0 radical (unpaired) electrons. The van der Waals surface area contributed by atoms with Crippen molar-refractivity contribution in [2.75, 3.05) is 5.32 Å². The van der Waals surface area contributed by atoms with Gasteiger partial charge in [0, 0.05) is 11.4 Å². The SMILES string of the molecule is [2H]c1c([2H])c(-c2ccccc2)c([2H])c([2H])c1Nc1c([2H])c([2H])c(-c2ccccc2)c([2H])c1[2H]. The summed E-state index contributed by atoms with van der Waals surface area (Å²) in [7, 11) is 0. The van der Waals surface area contributed by atoms with Gasteiger partial charge in [0.15, 0.2) is 0 Å². The number of hydrogen-bond acceptors (Lipinski definition) is 1. The fourth-order valence-electron chi connectivity index (χ4n) is 2.37. The van der Waals surface area contributed by atoms with Gasteiger partial charge >= 0.3 is 0 Å². The van der Waals surface area contributed by atoms with Gasteiger partial charge in [-0.05, 0) is 46.4 Å². The Hall–Kier alpha value is -3.32. The summed E-state index contributed by atoms with van der Waals surface area (Å²) in [6.45, 7) is 0. The van der Waals surface area contributed by atoms with Crippen molar-refractivity contribution < 1.29 is 11.0 Å². The highest BCUT2D eigenvalue weighted by Gasteiger charge is 2.00. The average Bonchev–Trinajstić information content (AvgIpc) is 2.83. The molecule has 0 fully saturated rings. The van der Waals surface area contributed by atoms with E-state index in [1.165, 1.54) is 0 Å². The highest BCUT2D eigenvalue weighted by molar-refractivity contribution is 5.70. The van der Waals surface area contributed by atoms with Gasteiger partial charge in [0.1, 0.15) is 0 Å². The zero-order chi connectivity index (χ0) is 23.9. The summed E-state index contributed by atoms with van der Waals surface area (Å²) in [5.41, 5.74) is 0.955. The second-order valence-electron chi connectivity index (χ2n) is 5.36. The third kappa shape index (κ3) is 3.61. The van der Waals surface area contributed by atoms with E-state index in [1.54, 1.807) is 60.7 Å². The summed E-state index contributed by atoms with van der Waals surface area (Å²) in [5.74, 6) is 0. The summed E-state index contributed by atoms with van der Waals surface area (Å²) in [6, 6.07) is 14.8. The smallest absolute Gasteiger partial charge is 0.0645 e. The van der Waals surface area contributed by atoms with E-state index in [9.17, 15) is 0 Å². The molecule has 0 amide bonds. The lowest BCUT2D eigenvalue weighted by Crippen LogP contribution is -1.90. The van der Waals surface area contributed by atoms with Crippen molar-refractivity contribution in [2.45, 2.75) is 0 Å². The maximum atomic E-state index is 8.43. The van der Waals surface area contributed by atoms with Gasteiger partial charge in [0.2, 0.25) is 0 Å². The van der Waals surface area contributed by atoms with E-state index in [4.69, 9.17) is 11.0 Å². The molecule has 0 spiro atoms. The molecule has 0 heterocycles. The Kier molecular flexibility index (Phi) is 2.45. The molecule has 1 N–H and O–H groups in total. The molecule has 0 atom stereocenters. The Bertz CT molecular complexity index is 1190. The zero-order valence-corrected chi connectivity index (χ0v) is 13.3. The van der Waals surface area contributed by atoms with Crippen LogP contribution in [-0.4, -0.2) is 0 Å². The van der Waals surface area contributed by atoms with Gasteiger partial charge in [-0.1, -0.05) is 84.8 Å². The second-order valence-corrected chi connectivity index (χ2v) is 5.36. The molecule has 4 aromatic carbocycles. The van der Waals surface area contributed by atoms with Crippen LogP contribution in [0.3, 0.4) is 0 Å². The molecule has 0 aliphatic rings. The summed E-state index contributed by atoms with van der Waals surface area (Å²) >= 11 is 0. The first-order chi connectivity index (χ1) is 15.7. The third-order valence-electron chi connectivity index (χ3n) is 3.62. The van der Waals surface area contributed by atoms with Gasteiger partial charge in [-0.3, -0.25) is 0 Å². The molecule has 0 aliphatic heterocycles. The van der Waals surface area contributed by atoms with Crippen molar-refractivity contribution in [1.29, 1.82) is 0 Å². The lowest BCUT2D eigenvalue weighted by Gasteiger charge is -2.09. The van der Waals surface area contributed by atoms with Crippen LogP contribution in [-0.2, 0) is 0 Å². The van der Waals surface area contributed by atoms with Crippen molar-refractivity contribution in [3.63, 3.8) is 0 Å². The molecular formula is C24H19N. The van der Waals surface area contributed by atoms with Crippen LogP contribution >= 0.6 is 0 Å². The zero-order valence-electron chi connectivity index (χ0n) is 21.3. The van der Waals surface area contributed by atoms with Crippen LogP contribution in [0.2, 0.25) is 0 Å². The molecule has 0 unspecified atom stereocenters. The molecule has 1 nitrogen and oxygen atoms in total. The van der Waals surface area contributed by atoms with Gasteiger partial charge in [-0.25, -0.2) is 0 Å².